The number of thiazole rings is 1. The molecule has 0 bridgehead atoms. The minimum Gasteiger partial charge on any atom is -0.493 e. The van der Waals surface area contributed by atoms with Gasteiger partial charge in [0.2, 0.25) is 5.91 Å². The summed E-state index contributed by atoms with van der Waals surface area (Å²) in [6.07, 6.45) is 1.09. The number of nitrogens with zero attached hydrogens (tertiary/aromatic N) is 1. The summed E-state index contributed by atoms with van der Waals surface area (Å²) in [4.78, 5) is 16.0. The summed E-state index contributed by atoms with van der Waals surface area (Å²) in [5.74, 6) is 0.780. The van der Waals surface area contributed by atoms with Crippen LogP contribution in [0.4, 0.5) is 5.13 Å². The fourth-order valence-corrected chi connectivity index (χ4v) is 2.44. The van der Waals surface area contributed by atoms with Crippen LogP contribution in [0, 0.1) is 0 Å². The summed E-state index contributed by atoms with van der Waals surface area (Å²) in [6.45, 7) is 0.980. The van der Waals surface area contributed by atoms with Crippen molar-refractivity contribution < 1.29 is 9.53 Å². The summed E-state index contributed by atoms with van der Waals surface area (Å²) in [5, 5.41) is 8.76. The molecule has 1 aromatic heterocycles. The van der Waals surface area contributed by atoms with Gasteiger partial charge in [-0.15, -0.1) is 11.3 Å². The van der Waals surface area contributed by atoms with Crippen molar-refractivity contribution in [3.63, 3.8) is 0 Å². The van der Waals surface area contributed by atoms with Crippen molar-refractivity contribution in [2.45, 2.75) is 12.8 Å². The molecule has 2 rings (SSSR count). The zero-order chi connectivity index (χ0) is 14.9. The van der Waals surface area contributed by atoms with Crippen LogP contribution in [0.1, 0.15) is 12.1 Å². The van der Waals surface area contributed by atoms with Crippen LogP contribution in [0.5, 0.6) is 5.75 Å². The minimum atomic E-state index is -0.00463. The number of hydrogen-bond acceptors (Lipinski definition) is 5. The third kappa shape index (κ3) is 5.43. The first-order chi connectivity index (χ1) is 10.3. The van der Waals surface area contributed by atoms with E-state index in [2.05, 4.69) is 15.6 Å². The molecular weight excluding hydrogens is 286 g/mol. The zero-order valence-electron chi connectivity index (χ0n) is 12.0. The summed E-state index contributed by atoms with van der Waals surface area (Å²) < 4.78 is 5.48. The number of anilines is 1. The molecule has 5 nitrogen and oxygen atoms in total. The van der Waals surface area contributed by atoms with Crippen molar-refractivity contribution in [1.82, 2.24) is 10.3 Å². The van der Waals surface area contributed by atoms with Crippen LogP contribution in [-0.4, -0.2) is 31.1 Å². The van der Waals surface area contributed by atoms with Gasteiger partial charge in [0.15, 0.2) is 5.13 Å². The van der Waals surface area contributed by atoms with Crippen molar-refractivity contribution in [2.24, 2.45) is 0 Å². The van der Waals surface area contributed by atoms with Crippen molar-refractivity contribution in [2.75, 3.05) is 25.5 Å². The highest BCUT2D eigenvalue weighted by molar-refractivity contribution is 7.13. The second kappa shape index (κ2) is 8.26. The second-order valence-corrected chi connectivity index (χ2v) is 5.26. The van der Waals surface area contributed by atoms with E-state index in [4.69, 9.17) is 4.74 Å². The minimum absolute atomic E-state index is 0.00463. The van der Waals surface area contributed by atoms with Crippen LogP contribution < -0.4 is 15.4 Å². The van der Waals surface area contributed by atoms with Gasteiger partial charge in [-0.2, -0.15) is 0 Å². The summed E-state index contributed by atoms with van der Waals surface area (Å²) >= 11 is 1.56. The van der Waals surface area contributed by atoms with Gasteiger partial charge >= 0.3 is 0 Å². The molecule has 6 heteroatoms. The summed E-state index contributed by atoms with van der Waals surface area (Å²) in [7, 11) is 1.84. The average Bonchev–Trinajstić information content (AvgIpc) is 2.96. The van der Waals surface area contributed by atoms with E-state index in [9.17, 15) is 4.79 Å². The van der Waals surface area contributed by atoms with Gasteiger partial charge in [-0.05, 0) is 12.1 Å². The van der Waals surface area contributed by atoms with Crippen LogP contribution in [-0.2, 0) is 11.2 Å². The highest BCUT2D eigenvalue weighted by atomic mass is 32.1. The Morgan fingerprint density at radius 1 is 1.33 bits per heavy atom. The molecule has 112 valence electrons. The first-order valence-electron chi connectivity index (χ1n) is 6.84. The molecular formula is C15H19N3O2S. The molecule has 0 unspecified atom stereocenters. The molecule has 1 amide bonds. The maximum absolute atomic E-state index is 11.7. The number of ether oxygens (including phenoxy) is 1. The van der Waals surface area contributed by atoms with E-state index >= 15 is 0 Å². The maximum atomic E-state index is 11.7. The first kappa shape index (κ1) is 15.3. The Hall–Kier alpha value is -2.08. The van der Waals surface area contributed by atoms with Gasteiger partial charge in [-0.3, -0.25) is 4.79 Å². The van der Waals surface area contributed by atoms with Crippen molar-refractivity contribution in [1.29, 1.82) is 0 Å². The van der Waals surface area contributed by atoms with Gasteiger partial charge in [-0.1, -0.05) is 18.2 Å². The highest BCUT2D eigenvalue weighted by Crippen LogP contribution is 2.14. The van der Waals surface area contributed by atoms with Gasteiger partial charge in [-0.25, -0.2) is 4.98 Å². The topological polar surface area (TPSA) is 63.2 Å². The SMILES string of the molecule is CNc1nc(CCNC(=O)CCOc2ccccc2)cs1. The lowest BCUT2D eigenvalue weighted by Gasteiger charge is -2.06. The molecule has 0 radical (unpaired) electrons. The number of amides is 1. The van der Waals surface area contributed by atoms with Gasteiger partial charge in [0.25, 0.3) is 0 Å². The number of benzene rings is 1. The summed E-state index contributed by atoms with van der Waals surface area (Å²) in [6, 6.07) is 9.49. The fourth-order valence-electron chi connectivity index (χ4n) is 1.73. The molecule has 2 N–H and O–H groups in total. The van der Waals surface area contributed by atoms with Gasteiger partial charge in [0.1, 0.15) is 5.75 Å². The molecule has 0 fully saturated rings. The lowest BCUT2D eigenvalue weighted by Crippen LogP contribution is -2.27. The standard InChI is InChI=1S/C15H19N3O2S/c1-16-15-18-12(11-21-15)7-9-17-14(19)8-10-20-13-5-3-2-4-6-13/h2-6,11H,7-10H2,1H3,(H,16,18)(H,17,19). The molecule has 0 atom stereocenters. The van der Waals surface area contributed by atoms with Crippen LogP contribution >= 0.6 is 11.3 Å². The molecule has 0 aliphatic heterocycles. The molecule has 0 aliphatic carbocycles. The number of aromatic nitrogens is 1. The van der Waals surface area contributed by atoms with Crippen LogP contribution in [0.15, 0.2) is 35.7 Å². The fraction of sp³-hybridized carbons (Fsp3) is 0.333. The number of hydrogen-bond donors (Lipinski definition) is 2. The Morgan fingerprint density at radius 3 is 2.86 bits per heavy atom. The van der Waals surface area contributed by atoms with E-state index < -0.39 is 0 Å². The molecule has 1 aromatic carbocycles. The lowest BCUT2D eigenvalue weighted by molar-refractivity contribution is -0.121. The molecule has 1 heterocycles. The van der Waals surface area contributed by atoms with E-state index in [1.165, 1.54) is 0 Å². The Kier molecular flexibility index (Phi) is 6.02. The third-order valence-electron chi connectivity index (χ3n) is 2.81. The largest absolute Gasteiger partial charge is 0.493 e. The Bertz CT molecular complexity index is 557. The lowest BCUT2D eigenvalue weighted by atomic mass is 10.3. The Balaban J connectivity index is 1.59. The molecule has 2 aromatic rings. The maximum Gasteiger partial charge on any atom is 0.223 e. The second-order valence-electron chi connectivity index (χ2n) is 4.41. The molecule has 0 saturated heterocycles. The number of nitrogens with one attached hydrogen (secondary N) is 2. The van der Waals surface area contributed by atoms with E-state index in [0.29, 0.717) is 19.6 Å². The molecule has 21 heavy (non-hydrogen) atoms. The Labute approximate surface area is 128 Å². The Morgan fingerprint density at radius 2 is 2.14 bits per heavy atom. The predicted octanol–water partition coefficient (Wildman–Crippen LogP) is 2.31. The zero-order valence-corrected chi connectivity index (χ0v) is 12.8. The summed E-state index contributed by atoms with van der Waals surface area (Å²) in [5.41, 5.74) is 0.991. The molecule has 0 spiro atoms. The number of carbonyl (C=O) groups excluding carboxylic acids is 1. The van der Waals surface area contributed by atoms with Gasteiger partial charge in [0, 0.05) is 25.4 Å². The van der Waals surface area contributed by atoms with Gasteiger partial charge < -0.3 is 15.4 Å². The van der Waals surface area contributed by atoms with Crippen molar-refractivity contribution in [3.8, 4) is 5.75 Å². The van der Waals surface area contributed by atoms with E-state index in [-0.39, 0.29) is 5.91 Å². The van der Waals surface area contributed by atoms with Crippen molar-refractivity contribution >= 4 is 22.4 Å². The van der Waals surface area contributed by atoms with E-state index in [0.717, 1.165) is 23.0 Å². The average molecular weight is 305 g/mol. The number of para-hydroxylation sites is 1. The first-order valence-corrected chi connectivity index (χ1v) is 7.72. The molecule has 0 aliphatic rings. The van der Waals surface area contributed by atoms with Crippen LogP contribution in [0.25, 0.3) is 0 Å². The van der Waals surface area contributed by atoms with Crippen LogP contribution in [0.2, 0.25) is 0 Å². The quantitative estimate of drug-likeness (QED) is 0.785. The van der Waals surface area contributed by atoms with Gasteiger partial charge in [0.05, 0.1) is 18.7 Å². The highest BCUT2D eigenvalue weighted by Gasteiger charge is 2.04. The van der Waals surface area contributed by atoms with E-state index in [1.807, 2.05) is 42.8 Å². The van der Waals surface area contributed by atoms with E-state index in [1.54, 1.807) is 11.3 Å². The monoisotopic (exact) mass is 305 g/mol. The number of carbonyl (C=O) groups is 1. The van der Waals surface area contributed by atoms with Crippen LogP contribution in [0.3, 0.4) is 0 Å². The smallest absolute Gasteiger partial charge is 0.223 e. The third-order valence-corrected chi connectivity index (χ3v) is 3.72. The predicted molar refractivity (Wildman–Crippen MR) is 84.9 cm³/mol. The van der Waals surface area contributed by atoms with Crippen molar-refractivity contribution in [3.05, 3.63) is 41.4 Å². The number of rotatable bonds is 8. The normalized spacial score (nSPS) is 10.1. The molecule has 0 saturated carbocycles.